The van der Waals surface area contributed by atoms with E-state index in [-0.39, 0.29) is 12.4 Å². The Bertz CT molecular complexity index is 722. The highest BCUT2D eigenvalue weighted by atomic mass is 35.5. The fraction of sp³-hybridized carbons (Fsp3) is 0.357. The minimum absolute atomic E-state index is 0. The molecule has 2 heterocycles. The van der Waals surface area contributed by atoms with Crippen LogP contribution in [0.2, 0.25) is 0 Å². The molecule has 1 aliphatic rings. The van der Waals surface area contributed by atoms with E-state index in [1.165, 1.54) is 4.31 Å². The van der Waals surface area contributed by atoms with Crippen molar-refractivity contribution in [1.82, 2.24) is 14.6 Å². The zero-order valence-electron chi connectivity index (χ0n) is 12.2. The lowest BCUT2D eigenvalue weighted by atomic mass is 10.2. The summed E-state index contributed by atoms with van der Waals surface area (Å²) >= 11 is 0. The normalized spacial score (nSPS) is 16.2. The van der Waals surface area contributed by atoms with Gasteiger partial charge >= 0.3 is 0 Å². The molecule has 3 rings (SSSR count). The number of nitrogens with one attached hydrogen (secondary N) is 1. The predicted octanol–water partition coefficient (Wildman–Crippen LogP) is 1.67. The highest BCUT2D eigenvalue weighted by Crippen LogP contribution is 2.22. The summed E-state index contributed by atoms with van der Waals surface area (Å²) in [5.41, 5.74) is 1.55. The molecule has 0 saturated carbocycles. The number of benzene rings is 1. The van der Waals surface area contributed by atoms with Gasteiger partial charge in [-0.25, -0.2) is 13.4 Å². The highest BCUT2D eigenvalue weighted by molar-refractivity contribution is 7.89. The van der Waals surface area contributed by atoms with Crippen molar-refractivity contribution in [2.45, 2.75) is 11.8 Å². The molecule has 22 heavy (non-hydrogen) atoms. The third-order valence-electron chi connectivity index (χ3n) is 3.48. The van der Waals surface area contributed by atoms with E-state index < -0.39 is 10.0 Å². The van der Waals surface area contributed by atoms with Crippen LogP contribution in [0.4, 0.5) is 0 Å². The first-order valence-corrected chi connectivity index (χ1v) is 8.25. The zero-order chi connectivity index (χ0) is 14.9. The third kappa shape index (κ3) is 3.33. The summed E-state index contributed by atoms with van der Waals surface area (Å²) in [5.74, 6) is 0.586. The van der Waals surface area contributed by atoms with Crippen LogP contribution < -0.4 is 5.32 Å². The van der Waals surface area contributed by atoms with Gasteiger partial charge in [0.05, 0.1) is 4.90 Å². The van der Waals surface area contributed by atoms with Gasteiger partial charge in [-0.3, -0.25) is 0 Å². The first-order valence-electron chi connectivity index (χ1n) is 6.81. The van der Waals surface area contributed by atoms with Crippen LogP contribution >= 0.6 is 12.4 Å². The number of hydrogen-bond acceptors (Lipinski definition) is 5. The van der Waals surface area contributed by atoms with Gasteiger partial charge in [0.15, 0.2) is 5.89 Å². The van der Waals surface area contributed by atoms with Crippen molar-refractivity contribution in [2.24, 2.45) is 0 Å². The summed E-state index contributed by atoms with van der Waals surface area (Å²) in [6, 6.07) is 6.76. The molecule has 2 aromatic rings. The van der Waals surface area contributed by atoms with Crippen LogP contribution in [0.25, 0.3) is 11.3 Å². The second kappa shape index (κ2) is 6.78. The zero-order valence-corrected chi connectivity index (χ0v) is 13.8. The van der Waals surface area contributed by atoms with Crippen molar-refractivity contribution in [3.05, 3.63) is 36.4 Å². The molecule has 1 aromatic carbocycles. The molecule has 1 aromatic heterocycles. The molecule has 6 nitrogen and oxygen atoms in total. The molecule has 0 bridgehead atoms. The number of sulfonamides is 1. The smallest absolute Gasteiger partial charge is 0.243 e. The SMILES string of the molecule is Cc1nc(-c2ccc(S(=O)(=O)N3CCNCC3)cc2)co1.Cl. The van der Waals surface area contributed by atoms with Gasteiger partial charge in [-0.05, 0) is 12.1 Å². The largest absolute Gasteiger partial charge is 0.449 e. The molecule has 1 fully saturated rings. The van der Waals surface area contributed by atoms with Gasteiger partial charge in [0.2, 0.25) is 10.0 Å². The van der Waals surface area contributed by atoms with Crippen molar-refractivity contribution in [3.8, 4) is 11.3 Å². The van der Waals surface area contributed by atoms with Gasteiger partial charge < -0.3 is 9.73 Å². The van der Waals surface area contributed by atoms with Crippen LogP contribution in [0.15, 0.2) is 39.8 Å². The van der Waals surface area contributed by atoms with E-state index >= 15 is 0 Å². The summed E-state index contributed by atoms with van der Waals surface area (Å²) < 4.78 is 31.7. The van der Waals surface area contributed by atoms with Crippen LogP contribution in [-0.4, -0.2) is 43.9 Å². The van der Waals surface area contributed by atoms with Crippen LogP contribution in [0.5, 0.6) is 0 Å². The lowest BCUT2D eigenvalue weighted by molar-refractivity contribution is 0.360. The van der Waals surface area contributed by atoms with Crippen LogP contribution in [-0.2, 0) is 10.0 Å². The van der Waals surface area contributed by atoms with Crippen LogP contribution in [0.3, 0.4) is 0 Å². The Kier molecular flexibility index (Phi) is 5.23. The second-order valence-corrected chi connectivity index (χ2v) is 6.87. The number of piperazine rings is 1. The molecular formula is C14H18ClN3O3S. The van der Waals surface area contributed by atoms with Crippen molar-refractivity contribution >= 4 is 22.4 Å². The molecule has 120 valence electrons. The number of oxazole rings is 1. The summed E-state index contributed by atoms with van der Waals surface area (Å²) in [6.07, 6.45) is 1.56. The summed E-state index contributed by atoms with van der Waals surface area (Å²) in [6.45, 7) is 4.16. The fourth-order valence-electron chi connectivity index (χ4n) is 2.33. The number of hydrogen-bond donors (Lipinski definition) is 1. The van der Waals surface area contributed by atoms with E-state index in [1.807, 2.05) is 0 Å². The molecule has 0 amide bonds. The Balaban J connectivity index is 0.00000176. The van der Waals surface area contributed by atoms with Gasteiger partial charge in [-0.1, -0.05) is 12.1 Å². The van der Waals surface area contributed by atoms with E-state index in [1.54, 1.807) is 37.5 Å². The minimum atomic E-state index is -3.41. The number of halogens is 1. The lowest BCUT2D eigenvalue weighted by Crippen LogP contribution is -2.46. The minimum Gasteiger partial charge on any atom is -0.449 e. The second-order valence-electron chi connectivity index (χ2n) is 4.93. The highest BCUT2D eigenvalue weighted by Gasteiger charge is 2.25. The Morgan fingerprint density at radius 2 is 1.82 bits per heavy atom. The standard InChI is InChI=1S/C14H17N3O3S.ClH/c1-11-16-14(10-20-11)12-2-4-13(5-3-12)21(18,19)17-8-6-15-7-9-17;/h2-5,10,15H,6-9H2,1H3;1H. The van der Waals surface area contributed by atoms with Crippen LogP contribution in [0, 0.1) is 6.92 Å². The summed E-state index contributed by atoms with van der Waals surface area (Å²) in [5, 5.41) is 3.15. The molecule has 1 saturated heterocycles. The van der Waals surface area contributed by atoms with E-state index in [9.17, 15) is 8.42 Å². The number of aromatic nitrogens is 1. The topological polar surface area (TPSA) is 75.4 Å². The quantitative estimate of drug-likeness (QED) is 0.917. The maximum atomic E-state index is 12.5. The first-order chi connectivity index (χ1) is 10.1. The van der Waals surface area contributed by atoms with E-state index in [2.05, 4.69) is 10.3 Å². The monoisotopic (exact) mass is 343 g/mol. The predicted molar refractivity (Wildman–Crippen MR) is 85.6 cm³/mol. The molecule has 0 radical (unpaired) electrons. The molecule has 0 aliphatic carbocycles. The number of aryl methyl sites for hydroxylation is 1. The molecule has 1 aliphatic heterocycles. The van der Waals surface area contributed by atoms with Crippen molar-refractivity contribution in [1.29, 1.82) is 0 Å². The maximum absolute atomic E-state index is 12.5. The molecule has 0 unspecified atom stereocenters. The van der Waals surface area contributed by atoms with Gasteiger partial charge in [0, 0.05) is 38.7 Å². The molecular weight excluding hydrogens is 326 g/mol. The Morgan fingerprint density at radius 3 is 2.36 bits per heavy atom. The maximum Gasteiger partial charge on any atom is 0.243 e. The first kappa shape index (κ1) is 17.0. The lowest BCUT2D eigenvalue weighted by Gasteiger charge is -2.26. The Hall–Kier alpha value is -1.41. The van der Waals surface area contributed by atoms with Crippen LogP contribution in [0.1, 0.15) is 5.89 Å². The molecule has 1 N–H and O–H groups in total. The van der Waals surface area contributed by atoms with E-state index in [4.69, 9.17) is 4.42 Å². The summed E-state index contributed by atoms with van der Waals surface area (Å²) in [4.78, 5) is 4.54. The molecule has 0 atom stereocenters. The number of rotatable bonds is 3. The Labute approximate surface area is 136 Å². The van der Waals surface area contributed by atoms with Gasteiger partial charge in [-0.15, -0.1) is 12.4 Å². The average molecular weight is 344 g/mol. The molecule has 0 spiro atoms. The van der Waals surface area contributed by atoms with E-state index in [0.29, 0.717) is 42.7 Å². The van der Waals surface area contributed by atoms with Crippen molar-refractivity contribution in [3.63, 3.8) is 0 Å². The van der Waals surface area contributed by atoms with Gasteiger partial charge in [0.1, 0.15) is 12.0 Å². The van der Waals surface area contributed by atoms with Gasteiger partial charge in [0.25, 0.3) is 0 Å². The van der Waals surface area contributed by atoms with Gasteiger partial charge in [-0.2, -0.15) is 4.31 Å². The number of nitrogens with zero attached hydrogens (tertiary/aromatic N) is 2. The van der Waals surface area contributed by atoms with Crippen molar-refractivity contribution in [2.75, 3.05) is 26.2 Å². The fourth-order valence-corrected chi connectivity index (χ4v) is 3.77. The molecule has 8 heteroatoms. The average Bonchev–Trinajstić information content (AvgIpc) is 2.95. The van der Waals surface area contributed by atoms with E-state index in [0.717, 1.165) is 5.56 Å². The van der Waals surface area contributed by atoms with Crippen molar-refractivity contribution < 1.29 is 12.8 Å². The Morgan fingerprint density at radius 1 is 1.18 bits per heavy atom. The third-order valence-corrected chi connectivity index (χ3v) is 5.40. The summed E-state index contributed by atoms with van der Waals surface area (Å²) in [7, 11) is -3.41.